The van der Waals surface area contributed by atoms with Crippen molar-refractivity contribution < 1.29 is 4.79 Å². The number of nitrogens with zero attached hydrogens (tertiary/aromatic N) is 3. The van der Waals surface area contributed by atoms with Gasteiger partial charge in [0.25, 0.3) is 5.91 Å². The zero-order valence-corrected chi connectivity index (χ0v) is 18.1. The maximum absolute atomic E-state index is 13.5. The van der Waals surface area contributed by atoms with Crippen LogP contribution in [0.2, 0.25) is 10.0 Å². The van der Waals surface area contributed by atoms with Gasteiger partial charge in [-0.05, 0) is 55.3 Å². The van der Waals surface area contributed by atoms with Gasteiger partial charge in [-0.3, -0.25) is 14.7 Å². The maximum Gasteiger partial charge on any atom is 0.261 e. The number of aryl methyl sites for hydroxylation is 2. The van der Waals surface area contributed by atoms with E-state index in [0.717, 1.165) is 27.0 Å². The Hall–Kier alpha value is -2.47. The zero-order chi connectivity index (χ0) is 20.5. The van der Waals surface area contributed by atoms with Crippen molar-refractivity contribution in [3.05, 3.63) is 87.2 Å². The van der Waals surface area contributed by atoms with Crippen molar-refractivity contribution in [1.82, 2.24) is 9.97 Å². The van der Waals surface area contributed by atoms with Crippen LogP contribution in [0.5, 0.6) is 0 Å². The van der Waals surface area contributed by atoms with Crippen LogP contribution in [0.3, 0.4) is 0 Å². The van der Waals surface area contributed by atoms with E-state index in [9.17, 15) is 4.79 Å². The summed E-state index contributed by atoms with van der Waals surface area (Å²) in [5.74, 6) is -0.244. The van der Waals surface area contributed by atoms with Crippen LogP contribution in [0.1, 0.15) is 27.2 Å². The lowest BCUT2D eigenvalue weighted by atomic mass is 10.1. The summed E-state index contributed by atoms with van der Waals surface area (Å²) in [5.41, 5.74) is 4.25. The Morgan fingerprint density at radius 2 is 1.86 bits per heavy atom. The first-order chi connectivity index (χ1) is 13.9. The standard InChI is InChI=1S/C22H17Cl2N3OS/c1-13-6-7-14(2)20-19(13)26-22(29-20)27(12-16-5-3-4-10-25-16)21(28)17-9-8-15(23)11-18(17)24/h3-11H,12H2,1-2H3. The highest BCUT2D eigenvalue weighted by Gasteiger charge is 2.24. The Morgan fingerprint density at radius 1 is 1.07 bits per heavy atom. The third-order valence-electron chi connectivity index (χ3n) is 4.61. The summed E-state index contributed by atoms with van der Waals surface area (Å²) in [5, 5.41) is 1.40. The number of hydrogen-bond acceptors (Lipinski definition) is 4. The molecule has 0 aliphatic rings. The van der Waals surface area contributed by atoms with Crippen LogP contribution in [0.15, 0.2) is 54.7 Å². The molecule has 0 aliphatic heterocycles. The van der Waals surface area contributed by atoms with Crippen molar-refractivity contribution in [2.75, 3.05) is 4.90 Å². The van der Waals surface area contributed by atoms with E-state index in [1.807, 2.05) is 38.1 Å². The molecule has 0 spiro atoms. The predicted molar refractivity (Wildman–Crippen MR) is 120 cm³/mol. The molecule has 0 N–H and O–H groups in total. The van der Waals surface area contributed by atoms with Crippen molar-refractivity contribution in [1.29, 1.82) is 0 Å². The quantitative estimate of drug-likeness (QED) is 0.364. The average Bonchev–Trinajstić information content (AvgIpc) is 3.16. The molecular formula is C22H17Cl2N3OS. The number of thiazole rings is 1. The molecule has 146 valence electrons. The second-order valence-electron chi connectivity index (χ2n) is 6.71. The highest BCUT2D eigenvalue weighted by Crippen LogP contribution is 2.35. The highest BCUT2D eigenvalue weighted by atomic mass is 35.5. The number of halogens is 2. The summed E-state index contributed by atoms with van der Waals surface area (Å²) in [6, 6.07) is 14.6. The topological polar surface area (TPSA) is 46.1 Å². The summed E-state index contributed by atoms with van der Waals surface area (Å²) in [6.07, 6.45) is 1.71. The fourth-order valence-corrected chi connectivity index (χ4v) is 4.65. The predicted octanol–water partition coefficient (Wildman–Crippen LogP) is 6.46. The van der Waals surface area contributed by atoms with E-state index in [0.29, 0.717) is 20.7 Å². The van der Waals surface area contributed by atoms with E-state index in [2.05, 4.69) is 11.1 Å². The second-order valence-corrected chi connectivity index (χ2v) is 8.53. The van der Waals surface area contributed by atoms with E-state index in [1.54, 1.807) is 29.3 Å². The van der Waals surface area contributed by atoms with Gasteiger partial charge in [-0.1, -0.05) is 52.7 Å². The maximum atomic E-state index is 13.5. The van der Waals surface area contributed by atoms with Crippen molar-refractivity contribution in [3.8, 4) is 0 Å². The van der Waals surface area contributed by atoms with Crippen molar-refractivity contribution in [2.45, 2.75) is 20.4 Å². The SMILES string of the molecule is Cc1ccc(C)c2sc(N(Cc3ccccn3)C(=O)c3ccc(Cl)cc3Cl)nc12. The molecule has 0 saturated carbocycles. The van der Waals surface area contributed by atoms with Crippen LogP contribution in [0, 0.1) is 13.8 Å². The molecule has 0 fully saturated rings. The van der Waals surface area contributed by atoms with Crippen LogP contribution >= 0.6 is 34.5 Å². The normalized spacial score (nSPS) is 11.0. The number of fused-ring (bicyclic) bond motifs is 1. The Labute approximate surface area is 182 Å². The molecular weight excluding hydrogens is 425 g/mol. The van der Waals surface area contributed by atoms with E-state index in [1.165, 1.54) is 11.3 Å². The lowest BCUT2D eigenvalue weighted by Crippen LogP contribution is -2.31. The summed E-state index contributed by atoms with van der Waals surface area (Å²) in [6.45, 7) is 4.35. The van der Waals surface area contributed by atoms with Gasteiger partial charge >= 0.3 is 0 Å². The van der Waals surface area contributed by atoms with Crippen molar-refractivity contribution in [3.63, 3.8) is 0 Å². The molecule has 2 aromatic heterocycles. The van der Waals surface area contributed by atoms with Gasteiger partial charge in [0, 0.05) is 11.2 Å². The molecule has 4 rings (SSSR count). The van der Waals surface area contributed by atoms with Gasteiger partial charge in [-0.2, -0.15) is 0 Å². The lowest BCUT2D eigenvalue weighted by molar-refractivity contribution is 0.0985. The van der Waals surface area contributed by atoms with Crippen LogP contribution in [-0.4, -0.2) is 15.9 Å². The van der Waals surface area contributed by atoms with Crippen molar-refractivity contribution in [2.24, 2.45) is 0 Å². The summed E-state index contributed by atoms with van der Waals surface area (Å²) in [4.78, 5) is 24.3. The van der Waals surface area contributed by atoms with E-state index >= 15 is 0 Å². The Bertz CT molecular complexity index is 1170. The summed E-state index contributed by atoms with van der Waals surface area (Å²) < 4.78 is 1.07. The van der Waals surface area contributed by atoms with E-state index in [4.69, 9.17) is 28.2 Å². The molecule has 1 amide bonds. The number of carbonyl (C=O) groups is 1. The Kier molecular flexibility index (Phi) is 5.54. The Balaban J connectivity index is 1.83. The molecule has 0 radical (unpaired) electrons. The molecule has 4 aromatic rings. The molecule has 2 aromatic carbocycles. The van der Waals surface area contributed by atoms with Gasteiger partial charge in [0.2, 0.25) is 0 Å². The smallest absolute Gasteiger partial charge is 0.261 e. The molecule has 4 nitrogen and oxygen atoms in total. The van der Waals surface area contributed by atoms with Gasteiger partial charge in [-0.25, -0.2) is 4.98 Å². The molecule has 0 aliphatic carbocycles. The highest BCUT2D eigenvalue weighted by molar-refractivity contribution is 7.22. The molecule has 29 heavy (non-hydrogen) atoms. The molecule has 7 heteroatoms. The third-order valence-corrected chi connectivity index (χ3v) is 6.38. The fourth-order valence-electron chi connectivity index (χ4n) is 3.05. The van der Waals surface area contributed by atoms with Crippen LogP contribution < -0.4 is 4.90 Å². The van der Waals surface area contributed by atoms with Crippen LogP contribution in [-0.2, 0) is 6.54 Å². The fraction of sp³-hybridized carbons (Fsp3) is 0.136. The number of anilines is 1. The largest absolute Gasteiger partial charge is 0.278 e. The monoisotopic (exact) mass is 441 g/mol. The number of rotatable bonds is 4. The first-order valence-corrected chi connectivity index (χ1v) is 10.5. The molecule has 0 unspecified atom stereocenters. The molecule has 2 heterocycles. The van der Waals surface area contributed by atoms with Gasteiger partial charge in [0.1, 0.15) is 0 Å². The minimum absolute atomic E-state index is 0.244. The van der Waals surface area contributed by atoms with E-state index in [-0.39, 0.29) is 12.5 Å². The average molecular weight is 442 g/mol. The van der Waals surface area contributed by atoms with Gasteiger partial charge in [0.05, 0.1) is 33.0 Å². The number of carbonyl (C=O) groups excluding carboxylic acids is 1. The number of hydrogen-bond donors (Lipinski definition) is 0. The summed E-state index contributed by atoms with van der Waals surface area (Å²) >= 11 is 13.8. The first kappa shape index (κ1) is 19.8. The lowest BCUT2D eigenvalue weighted by Gasteiger charge is -2.20. The van der Waals surface area contributed by atoms with Gasteiger partial charge in [0.15, 0.2) is 5.13 Å². The number of aromatic nitrogens is 2. The second kappa shape index (κ2) is 8.11. The van der Waals surface area contributed by atoms with Crippen LogP contribution in [0.4, 0.5) is 5.13 Å². The van der Waals surface area contributed by atoms with Gasteiger partial charge in [-0.15, -0.1) is 0 Å². The zero-order valence-electron chi connectivity index (χ0n) is 15.8. The minimum atomic E-state index is -0.244. The molecule has 0 atom stereocenters. The first-order valence-electron chi connectivity index (χ1n) is 8.97. The van der Waals surface area contributed by atoms with Gasteiger partial charge < -0.3 is 0 Å². The Morgan fingerprint density at radius 3 is 2.55 bits per heavy atom. The minimum Gasteiger partial charge on any atom is -0.278 e. The number of pyridine rings is 1. The van der Waals surface area contributed by atoms with E-state index < -0.39 is 0 Å². The summed E-state index contributed by atoms with van der Waals surface area (Å²) in [7, 11) is 0. The number of benzene rings is 2. The molecule has 0 saturated heterocycles. The van der Waals surface area contributed by atoms with Crippen LogP contribution in [0.25, 0.3) is 10.2 Å². The number of amides is 1. The third kappa shape index (κ3) is 3.99. The van der Waals surface area contributed by atoms with Crippen molar-refractivity contribution >= 4 is 55.8 Å². The molecule has 0 bridgehead atoms.